The van der Waals surface area contributed by atoms with E-state index in [0.717, 1.165) is 25.1 Å². The zero-order valence-electron chi connectivity index (χ0n) is 13.6. The Bertz CT molecular complexity index is 310. The molecule has 1 aromatic rings. The number of rotatable bonds is 6. The molecular weight excluding hydrogens is 250 g/mol. The van der Waals surface area contributed by atoms with Crippen molar-refractivity contribution in [3.8, 4) is 0 Å². The first kappa shape index (κ1) is 20.9. The second-order valence-corrected chi connectivity index (χ2v) is 4.46. The van der Waals surface area contributed by atoms with Gasteiger partial charge in [0, 0.05) is 18.4 Å². The van der Waals surface area contributed by atoms with Crippen LogP contribution in [0.4, 0.5) is 0 Å². The number of nitrogens with zero attached hydrogens (tertiary/aromatic N) is 1. The van der Waals surface area contributed by atoms with Gasteiger partial charge in [0.15, 0.2) is 0 Å². The summed E-state index contributed by atoms with van der Waals surface area (Å²) in [4.78, 5) is 13.8. The van der Waals surface area contributed by atoms with E-state index in [1.54, 1.807) is 0 Å². The minimum Gasteiger partial charge on any atom is -0.359 e. The van der Waals surface area contributed by atoms with Crippen molar-refractivity contribution in [2.45, 2.75) is 53.4 Å². The lowest BCUT2D eigenvalue weighted by Crippen LogP contribution is -2.13. The van der Waals surface area contributed by atoms with E-state index in [2.05, 4.69) is 36.3 Å². The highest BCUT2D eigenvalue weighted by Crippen LogP contribution is 2.11. The highest BCUT2D eigenvalue weighted by Gasteiger charge is 1.96. The molecular formula is C16H31N3O. The zero-order valence-corrected chi connectivity index (χ0v) is 13.6. The molecule has 1 heterocycles. The smallest absolute Gasteiger partial charge is 0.207 e. The van der Waals surface area contributed by atoms with Gasteiger partial charge in [-0.25, -0.2) is 0 Å². The monoisotopic (exact) mass is 281 g/mol. The second-order valence-electron chi connectivity index (χ2n) is 4.46. The molecule has 1 rings (SSSR count). The minimum atomic E-state index is 0.591. The number of unbranched alkanes of at least 4 members (excludes halogenated alkanes) is 1. The van der Waals surface area contributed by atoms with E-state index in [0.29, 0.717) is 18.9 Å². The van der Waals surface area contributed by atoms with Crippen LogP contribution in [0.5, 0.6) is 0 Å². The van der Waals surface area contributed by atoms with Gasteiger partial charge in [-0.3, -0.25) is 9.78 Å². The summed E-state index contributed by atoms with van der Waals surface area (Å²) in [6.07, 6.45) is 4.62. The Balaban J connectivity index is 0. The van der Waals surface area contributed by atoms with Crippen LogP contribution in [-0.2, 0) is 4.79 Å². The van der Waals surface area contributed by atoms with Crippen LogP contribution in [0.25, 0.3) is 0 Å². The summed E-state index contributed by atoms with van der Waals surface area (Å²) in [5.74, 6) is 0.591. The predicted molar refractivity (Wildman–Crippen MR) is 86.8 cm³/mol. The molecule has 4 heteroatoms. The van der Waals surface area contributed by atoms with Crippen molar-refractivity contribution in [1.82, 2.24) is 10.3 Å². The molecule has 1 aromatic heterocycles. The average molecular weight is 281 g/mol. The Morgan fingerprint density at radius 2 is 1.95 bits per heavy atom. The van der Waals surface area contributed by atoms with Crippen molar-refractivity contribution >= 4 is 6.41 Å². The van der Waals surface area contributed by atoms with Crippen LogP contribution in [0.1, 0.15) is 57.7 Å². The Morgan fingerprint density at radius 1 is 1.30 bits per heavy atom. The Labute approximate surface area is 124 Å². The van der Waals surface area contributed by atoms with E-state index >= 15 is 0 Å². The van der Waals surface area contributed by atoms with Crippen molar-refractivity contribution in [3.63, 3.8) is 0 Å². The number of amides is 1. The van der Waals surface area contributed by atoms with Gasteiger partial charge in [0.2, 0.25) is 6.41 Å². The Hall–Kier alpha value is -1.42. The lowest BCUT2D eigenvalue weighted by Gasteiger charge is -2.02. The molecule has 20 heavy (non-hydrogen) atoms. The van der Waals surface area contributed by atoms with Gasteiger partial charge in [-0.2, -0.15) is 0 Å². The standard InChI is InChI=1S/C9H13N.C5H12N2O.C2H6/c1-7(2)9-5-4-8(3)10-6-9;6-3-1-2-4-7-5-8;1-2/h4-7H,1-3H3;5H,1-4,6H2,(H,7,8);1-2H3. The number of nitrogens with one attached hydrogen (secondary N) is 1. The number of pyridine rings is 1. The summed E-state index contributed by atoms with van der Waals surface area (Å²) >= 11 is 0. The van der Waals surface area contributed by atoms with Gasteiger partial charge in [-0.05, 0) is 43.9 Å². The number of hydrogen-bond donors (Lipinski definition) is 2. The molecule has 0 spiro atoms. The fourth-order valence-corrected chi connectivity index (χ4v) is 1.25. The summed E-state index contributed by atoms with van der Waals surface area (Å²) in [6, 6.07) is 4.18. The molecule has 0 fully saturated rings. The summed E-state index contributed by atoms with van der Waals surface area (Å²) in [5.41, 5.74) is 7.59. The first-order valence-electron chi connectivity index (χ1n) is 7.41. The van der Waals surface area contributed by atoms with Gasteiger partial charge < -0.3 is 11.1 Å². The molecule has 116 valence electrons. The molecule has 0 atom stereocenters. The first-order valence-corrected chi connectivity index (χ1v) is 7.41. The molecule has 0 unspecified atom stereocenters. The maximum absolute atomic E-state index is 9.63. The van der Waals surface area contributed by atoms with Crippen LogP contribution in [0.15, 0.2) is 18.3 Å². The van der Waals surface area contributed by atoms with Crippen molar-refractivity contribution in [2.24, 2.45) is 5.73 Å². The van der Waals surface area contributed by atoms with Crippen molar-refractivity contribution in [1.29, 1.82) is 0 Å². The molecule has 3 N–H and O–H groups in total. The molecule has 0 aliphatic heterocycles. The van der Waals surface area contributed by atoms with Gasteiger partial charge >= 0.3 is 0 Å². The molecule has 0 aliphatic rings. The molecule has 1 amide bonds. The largest absolute Gasteiger partial charge is 0.359 e. The number of hydrogen-bond acceptors (Lipinski definition) is 3. The minimum absolute atomic E-state index is 0.591. The summed E-state index contributed by atoms with van der Waals surface area (Å²) in [7, 11) is 0. The maximum Gasteiger partial charge on any atom is 0.207 e. The number of aromatic nitrogens is 1. The molecule has 0 aliphatic carbocycles. The average Bonchev–Trinajstić information content (AvgIpc) is 2.47. The highest BCUT2D eigenvalue weighted by molar-refractivity contribution is 5.45. The Kier molecular flexibility index (Phi) is 16.3. The molecule has 4 nitrogen and oxygen atoms in total. The quantitative estimate of drug-likeness (QED) is 0.622. The fourth-order valence-electron chi connectivity index (χ4n) is 1.25. The van der Waals surface area contributed by atoms with Gasteiger partial charge in [-0.1, -0.05) is 33.8 Å². The van der Waals surface area contributed by atoms with Gasteiger partial charge in [0.05, 0.1) is 0 Å². The third-order valence-electron chi connectivity index (χ3n) is 2.46. The van der Waals surface area contributed by atoms with Gasteiger partial charge in [0.1, 0.15) is 0 Å². The highest BCUT2D eigenvalue weighted by atomic mass is 16.1. The number of carbonyl (C=O) groups excluding carboxylic acids is 1. The van der Waals surface area contributed by atoms with Crippen LogP contribution < -0.4 is 11.1 Å². The van der Waals surface area contributed by atoms with E-state index < -0.39 is 0 Å². The van der Waals surface area contributed by atoms with Crippen LogP contribution in [0.2, 0.25) is 0 Å². The summed E-state index contributed by atoms with van der Waals surface area (Å²) in [5, 5.41) is 2.55. The second kappa shape index (κ2) is 15.6. The van der Waals surface area contributed by atoms with E-state index in [-0.39, 0.29) is 0 Å². The van der Waals surface area contributed by atoms with Crippen LogP contribution in [-0.4, -0.2) is 24.5 Å². The predicted octanol–water partition coefficient (Wildman–Crippen LogP) is 3.01. The topological polar surface area (TPSA) is 68.0 Å². The van der Waals surface area contributed by atoms with Crippen LogP contribution in [0.3, 0.4) is 0 Å². The zero-order chi connectivity index (χ0) is 15.8. The number of nitrogens with two attached hydrogens (primary N) is 1. The molecule has 0 aromatic carbocycles. The third-order valence-corrected chi connectivity index (χ3v) is 2.46. The van der Waals surface area contributed by atoms with E-state index in [9.17, 15) is 4.79 Å². The Morgan fingerprint density at radius 3 is 2.35 bits per heavy atom. The van der Waals surface area contributed by atoms with E-state index in [1.807, 2.05) is 27.0 Å². The molecule has 0 saturated carbocycles. The third kappa shape index (κ3) is 13.0. The molecule has 0 radical (unpaired) electrons. The summed E-state index contributed by atoms with van der Waals surface area (Å²) < 4.78 is 0. The lowest BCUT2D eigenvalue weighted by molar-refractivity contribution is -0.109. The van der Waals surface area contributed by atoms with E-state index in [4.69, 9.17) is 5.73 Å². The number of carbonyl (C=O) groups is 1. The first-order chi connectivity index (χ1) is 9.61. The molecule has 0 bridgehead atoms. The van der Waals surface area contributed by atoms with Crippen molar-refractivity contribution < 1.29 is 4.79 Å². The number of aryl methyl sites for hydroxylation is 1. The fraction of sp³-hybridized carbons (Fsp3) is 0.625. The maximum atomic E-state index is 9.63. The normalized spacial score (nSPS) is 8.95. The van der Waals surface area contributed by atoms with Crippen molar-refractivity contribution in [2.75, 3.05) is 13.1 Å². The molecule has 0 saturated heterocycles. The van der Waals surface area contributed by atoms with Gasteiger partial charge in [-0.15, -0.1) is 0 Å². The summed E-state index contributed by atoms with van der Waals surface area (Å²) in [6.45, 7) is 11.8. The van der Waals surface area contributed by atoms with Gasteiger partial charge in [0.25, 0.3) is 0 Å². The van der Waals surface area contributed by atoms with Crippen molar-refractivity contribution in [3.05, 3.63) is 29.6 Å². The van der Waals surface area contributed by atoms with Crippen LogP contribution >= 0.6 is 0 Å². The van der Waals surface area contributed by atoms with E-state index in [1.165, 1.54) is 5.56 Å². The lowest BCUT2D eigenvalue weighted by atomic mass is 10.1. The van der Waals surface area contributed by atoms with Crippen LogP contribution in [0, 0.1) is 6.92 Å². The SMILES string of the molecule is CC.Cc1ccc(C(C)C)cn1.NCCCCNC=O.